The molecule has 0 radical (unpaired) electrons. The van der Waals surface area contributed by atoms with Crippen LogP contribution in [0.5, 0.6) is 5.75 Å². The second-order valence-electron chi connectivity index (χ2n) is 9.28. The number of terminal acetylenes is 1. The number of nitrogens with zero attached hydrogens (tertiary/aromatic N) is 3. The number of rotatable bonds is 8. The van der Waals surface area contributed by atoms with Crippen LogP contribution in [0.25, 0.3) is 10.9 Å². The quantitative estimate of drug-likeness (QED) is 0.339. The molecule has 1 unspecified atom stereocenters. The molecule has 1 aromatic heterocycles. The monoisotopic (exact) mass is 523 g/mol. The van der Waals surface area contributed by atoms with Crippen molar-refractivity contribution in [2.24, 2.45) is 0 Å². The van der Waals surface area contributed by atoms with E-state index in [-0.39, 0.29) is 12.0 Å². The molecule has 2 aromatic carbocycles. The van der Waals surface area contributed by atoms with Gasteiger partial charge in [0.15, 0.2) is 0 Å². The molecule has 0 saturated carbocycles. The summed E-state index contributed by atoms with van der Waals surface area (Å²) >= 11 is 0. The highest BCUT2D eigenvalue weighted by Crippen LogP contribution is 2.37. The Labute approximate surface area is 227 Å². The minimum Gasteiger partial charge on any atom is -0.486 e. The molecule has 0 aliphatic carbocycles. The normalized spacial score (nSPS) is 17.5. The number of benzene rings is 2. The van der Waals surface area contributed by atoms with E-state index in [4.69, 9.17) is 20.6 Å². The average molecular weight is 524 g/mol. The van der Waals surface area contributed by atoms with E-state index in [0.29, 0.717) is 72.1 Å². The molecule has 0 spiro atoms. The van der Waals surface area contributed by atoms with Crippen LogP contribution in [0.2, 0.25) is 0 Å². The molecule has 9 nitrogen and oxygen atoms in total. The molecular formula is C30H29N5O4. The number of hydrogen-bond acceptors (Lipinski definition) is 8. The van der Waals surface area contributed by atoms with Gasteiger partial charge in [0.1, 0.15) is 17.9 Å². The number of pyridine rings is 1. The van der Waals surface area contributed by atoms with Gasteiger partial charge in [-0.15, -0.1) is 6.42 Å². The van der Waals surface area contributed by atoms with Crippen molar-refractivity contribution in [2.75, 3.05) is 56.7 Å². The smallest absolute Gasteiger partial charge is 0.248 e. The lowest BCUT2D eigenvalue weighted by molar-refractivity contribution is -0.111. The molecule has 5 rings (SSSR count). The minimum atomic E-state index is -0.282. The predicted molar refractivity (Wildman–Crippen MR) is 149 cm³/mol. The van der Waals surface area contributed by atoms with Gasteiger partial charge in [0, 0.05) is 61.0 Å². The zero-order chi connectivity index (χ0) is 27.0. The molecule has 2 N–H and O–H groups in total. The fourth-order valence-electron chi connectivity index (χ4n) is 4.52. The summed E-state index contributed by atoms with van der Waals surface area (Å²) in [5, 5.41) is 16.8. The fourth-order valence-corrected chi connectivity index (χ4v) is 4.52. The van der Waals surface area contributed by atoms with Crippen LogP contribution in [0, 0.1) is 23.7 Å². The van der Waals surface area contributed by atoms with Crippen LogP contribution in [0.3, 0.4) is 0 Å². The summed E-state index contributed by atoms with van der Waals surface area (Å²) in [6.45, 7) is 4.84. The maximum atomic E-state index is 12.9. The number of carbonyl (C=O) groups excluding carboxylic acids is 1. The molecule has 9 heteroatoms. The maximum Gasteiger partial charge on any atom is 0.248 e. The van der Waals surface area contributed by atoms with Crippen molar-refractivity contribution in [3.8, 4) is 24.2 Å². The third kappa shape index (κ3) is 6.54. The van der Waals surface area contributed by atoms with Crippen molar-refractivity contribution < 1.29 is 19.0 Å². The van der Waals surface area contributed by atoms with Crippen LogP contribution in [0.15, 0.2) is 54.7 Å². The van der Waals surface area contributed by atoms with Crippen molar-refractivity contribution in [1.82, 2.24) is 9.88 Å². The number of nitrogens with one attached hydrogen (secondary N) is 2. The van der Waals surface area contributed by atoms with Crippen molar-refractivity contribution in [2.45, 2.75) is 12.5 Å². The molecule has 2 saturated heterocycles. The SMILES string of the molecule is C#Cc1cccc(Nc2c(C#N)cnc3cc(OC4CCOC4)c(NC(=O)C=CCN4CCOCC4)cc23)c1. The van der Waals surface area contributed by atoms with E-state index in [1.54, 1.807) is 12.1 Å². The molecule has 3 aromatic rings. The highest BCUT2D eigenvalue weighted by atomic mass is 16.5. The fraction of sp³-hybridized carbons (Fsp3) is 0.300. The Morgan fingerprint density at radius 1 is 1.23 bits per heavy atom. The summed E-state index contributed by atoms with van der Waals surface area (Å²) in [5.74, 6) is 2.83. The molecule has 1 amide bonds. The molecule has 2 aliphatic rings. The molecule has 39 heavy (non-hydrogen) atoms. The number of aromatic nitrogens is 1. The number of carbonyl (C=O) groups is 1. The van der Waals surface area contributed by atoms with Gasteiger partial charge < -0.3 is 24.8 Å². The molecule has 0 bridgehead atoms. The van der Waals surface area contributed by atoms with Gasteiger partial charge in [0.05, 0.1) is 48.9 Å². The van der Waals surface area contributed by atoms with Crippen LogP contribution < -0.4 is 15.4 Å². The van der Waals surface area contributed by atoms with E-state index in [0.717, 1.165) is 25.2 Å². The first kappa shape index (κ1) is 26.2. The predicted octanol–water partition coefficient (Wildman–Crippen LogP) is 3.83. The Morgan fingerprint density at radius 3 is 2.87 bits per heavy atom. The summed E-state index contributed by atoms with van der Waals surface area (Å²) in [6.07, 6.45) is 11.1. The number of hydrogen-bond donors (Lipinski definition) is 2. The third-order valence-corrected chi connectivity index (χ3v) is 6.56. The lowest BCUT2D eigenvalue weighted by Gasteiger charge is -2.25. The summed E-state index contributed by atoms with van der Waals surface area (Å²) in [7, 11) is 0. The number of fused-ring (bicyclic) bond motifs is 1. The summed E-state index contributed by atoms with van der Waals surface area (Å²) in [4.78, 5) is 19.6. The van der Waals surface area contributed by atoms with Crippen LogP contribution in [-0.2, 0) is 14.3 Å². The number of nitriles is 1. The van der Waals surface area contributed by atoms with Gasteiger partial charge in [-0.25, -0.2) is 0 Å². The highest BCUT2D eigenvalue weighted by molar-refractivity contribution is 6.04. The van der Waals surface area contributed by atoms with E-state index >= 15 is 0 Å². The second-order valence-corrected chi connectivity index (χ2v) is 9.28. The Bertz CT molecular complexity index is 1460. The Balaban J connectivity index is 1.47. The second kappa shape index (κ2) is 12.4. The largest absolute Gasteiger partial charge is 0.486 e. The lowest BCUT2D eigenvalue weighted by atomic mass is 10.1. The minimum absolute atomic E-state index is 0.127. The van der Waals surface area contributed by atoms with Crippen LogP contribution in [0.1, 0.15) is 17.5 Å². The molecule has 3 heterocycles. The average Bonchev–Trinajstić information content (AvgIpc) is 3.47. The van der Waals surface area contributed by atoms with Crippen LogP contribution in [-0.4, -0.2) is 68.0 Å². The molecule has 2 fully saturated rings. The van der Waals surface area contributed by atoms with Crippen molar-refractivity contribution >= 4 is 33.9 Å². The van der Waals surface area contributed by atoms with Crippen molar-refractivity contribution in [1.29, 1.82) is 5.26 Å². The first-order chi connectivity index (χ1) is 19.1. The van der Waals surface area contributed by atoms with E-state index in [2.05, 4.69) is 32.5 Å². The number of ether oxygens (including phenoxy) is 3. The standard InChI is InChI=1S/C30H29N5O4/c1-2-21-5-3-6-23(15-21)33-30-22(18-31)19-32-26-17-28(39-24-8-12-38-20-24)27(16-25(26)30)34-29(36)7-4-9-35-10-13-37-14-11-35/h1,3-7,15-17,19,24H,8-14,20H2,(H,32,33)(H,34,36). The molecule has 2 aliphatic heterocycles. The number of amides is 1. The van der Waals surface area contributed by atoms with Crippen LogP contribution in [0.4, 0.5) is 17.1 Å². The van der Waals surface area contributed by atoms with E-state index in [9.17, 15) is 10.1 Å². The van der Waals surface area contributed by atoms with Gasteiger partial charge in [-0.2, -0.15) is 5.26 Å². The van der Waals surface area contributed by atoms with Crippen molar-refractivity contribution in [3.05, 3.63) is 65.9 Å². The maximum absolute atomic E-state index is 12.9. The summed E-state index contributed by atoms with van der Waals surface area (Å²) in [5.41, 5.74) is 3.45. The molecular weight excluding hydrogens is 494 g/mol. The zero-order valence-corrected chi connectivity index (χ0v) is 21.5. The van der Waals surface area contributed by atoms with Crippen LogP contribution >= 0.6 is 0 Å². The Morgan fingerprint density at radius 2 is 2.10 bits per heavy atom. The van der Waals surface area contributed by atoms with E-state index in [1.807, 2.05) is 30.3 Å². The van der Waals surface area contributed by atoms with Crippen molar-refractivity contribution in [3.63, 3.8) is 0 Å². The highest BCUT2D eigenvalue weighted by Gasteiger charge is 2.21. The topological polar surface area (TPSA) is 109 Å². The van der Waals surface area contributed by atoms with Gasteiger partial charge in [-0.3, -0.25) is 14.7 Å². The van der Waals surface area contributed by atoms with Gasteiger partial charge in [0.2, 0.25) is 5.91 Å². The third-order valence-electron chi connectivity index (χ3n) is 6.56. The first-order valence-corrected chi connectivity index (χ1v) is 12.9. The first-order valence-electron chi connectivity index (χ1n) is 12.9. The van der Waals surface area contributed by atoms with Gasteiger partial charge in [-0.1, -0.05) is 18.1 Å². The van der Waals surface area contributed by atoms with Gasteiger partial charge in [-0.05, 0) is 24.3 Å². The molecule has 198 valence electrons. The summed E-state index contributed by atoms with van der Waals surface area (Å²) in [6, 6.07) is 13.1. The number of anilines is 3. The summed E-state index contributed by atoms with van der Waals surface area (Å²) < 4.78 is 17.1. The zero-order valence-electron chi connectivity index (χ0n) is 21.5. The Hall–Kier alpha value is -4.41. The van der Waals surface area contributed by atoms with E-state index < -0.39 is 0 Å². The van der Waals surface area contributed by atoms with Gasteiger partial charge in [0.25, 0.3) is 0 Å². The van der Waals surface area contributed by atoms with Gasteiger partial charge >= 0.3 is 0 Å². The molecule has 1 atom stereocenters. The lowest BCUT2D eigenvalue weighted by Crippen LogP contribution is -2.36. The van der Waals surface area contributed by atoms with E-state index in [1.165, 1.54) is 12.3 Å². The Kier molecular flexibility index (Phi) is 8.35. The number of morpholine rings is 1.